The highest BCUT2D eigenvalue weighted by Crippen LogP contribution is 2.32. The Bertz CT molecular complexity index is 1180. The third-order valence-corrected chi connectivity index (χ3v) is 7.31. The van der Waals surface area contributed by atoms with E-state index in [9.17, 15) is 9.59 Å². The Morgan fingerprint density at radius 2 is 1.94 bits per heavy atom. The lowest BCUT2D eigenvalue weighted by Gasteiger charge is -2.44. The molecule has 166 valence electrons. The molecule has 2 aromatic carbocycles. The van der Waals surface area contributed by atoms with Gasteiger partial charge in [0.1, 0.15) is 5.54 Å². The minimum absolute atomic E-state index is 0.0869. The third kappa shape index (κ3) is 3.72. The fraction of sp³-hybridized carbons (Fsp3) is 0.400. The van der Waals surface area contributed by atoms with Crippen LogP contribution in [0.4, 0.5) is 0 Å². The Hall–Kier alpha value is -2.67. The van der Waals surface area contributed by atoms with Gasteiger partial charge in [-0.3, -0.25) is 9.59 Å². The van der Waals surface area contributed by atoms with Crippen molar-refractivity contribution in [2.45, 2.75) is 63.7 Å². The molecule has 1 atom stereocenters. The second-order valence-electron chi connectivity index (χ2n) is 9.11. The van der Waals surface area contributed by atoms with Crippen molar-refractivity contribution in [3.8, 4) is 0 Å². The van der Waals surface area contributed by atoms with Crippen LogP contribution in [0.5, 0.6) is 0 Å². The van der Waals surface area contributed by atoms with Gasteiger partial charge in [-0.2, -0.15) is 0 Å². The van der Waals surface area contributed by atoms with Crippen LogP contribution < -0.4 is 5.32 Å². The highest BCUT2D eigenvalue weighted by Gasteiger charge is 2.48. The van der Waals surface area contributed by atoms with E-state index in [0.717, 1.165) is 46.8 Å². The Kier molecular flexibility index (Phi) is 5.53. The predicted octanol–water partition coefficient (Wildman–Crippen LogP) is 4.66. The number of benzene rings is 2. The number of nitrogens with zero attached hydrogens (tertiary/aromatic N) is 3. The summed E-state index contributed by atoms with van der Waals surface area (Å²) in [7, 11) is 0. The quantitative estimate of drug-likeness (QED) is 0.573. The first kappa shape index (κ1) is 21.2. The average molecular weight is 495 g/mol. The normalized spacial score (nSPS) is 21.6. The van der Waals surface area contributed by atoms with E-state index < -0.39 is 5.54 Å². The van der Waals surface area contributed by atoms with E-state index in [1.54, 1.807) is 4.90 Å². The zero-order valence-electron chi connectivity index (χ0n) is 18.2. The van der Waals surface area contributed by atoms with Crippen LogP contribution >= 0.6 is 15.9 Å². The number of para-hydroxylation sites is 2. The summed E-state index contributed by atoms with van der Waals surface area (Å²) in [6.07, 6.45) is 5.50. The first-order valence-corrected chi connectivity index (χ1v) is 12.1. The van der Waals surface area contributed by atoms with Gasteiger partial charge in [-0.15, -0.1) is 0 Å². The molecule has 5 rings (SSSR count). The van der Waals surface area contributed by atoms with Crippen LogP contribution in [0.1, 0.15) is 55.2 Å². The molecule has 1 fully saturated rings. The van der Waals surface area contributed by atoms with E-state index in [0.29, 0.717) is 18.9 Å². The fourth-order valence-electron chi connectivity index (χ4n) is 4.98. The Labute approximate surface area is 196 Å². The average Bonchev–Trinajstić information content (AvgIpc) is 3.16. The number of hydrogen-bond donors (Lipinski definition) is 1. The summed E-state index contributed by atoms with van der Waals surface area (Å²) in [6, 6.07) is 15.8. The van der Waals surface area contributed by atoms with Crippen molar-refractivity contribution >= 4 is 38.8 Å². The second kappa shape index (κ2) is 8.35. The van der Waals surface area contributed by atoms with Crippen LogP contribution in [0.25, 0.3) is 11.0 Å². The number of carbonyl (C=O) groups is 2. The summed E-state index contributed by atoms with van der Waals surface area (Å²) in [5.74, 6) is 0.0917. The van der Waals surface area contributed by atoms with Gasteiger partial charge in [-0.1, -0.05) is 59.5 Å². The van der Waals surface area contributed by atoms with E-state index in [2.05, 4.69) is 26.2 Å². The molecule has 0 spiro atoms. The van der Waals surface area contributed by atoms with E-state index in [4.69, 9.17) is 0 Å². The molecule has 6 nitrogen and oxygen atoms in total. The van der Waals surface area contributed by atoms with Crippen LogP contribution in [0.3, 0.4) is 0 Å². The lowest BCUT2D eigenvalue weighted by Crippen LogP contribution is -2.64. The molecule has 0 unspecified atom stereocenters. The second-order valence-corrected chi connectivity index (χ2v) is 10.0. The van der Waals surface area contributed by atoms with Crippen molar-refractivity contribution in [2.24, 2.45) is 0 Å². The molecular formula is C25H27BrN4O2. The van der Waals surface area contributed by atoms with E-state index >= 15 is 0 Å². The zero-order chi connectivity index (χ0) is 22.3. The van der Waals surface area contributed by atoms with Crippen LogP contribution in [0, 0.1) is 0 Å². The van der Waals surface area contributed by atoms with Gasteiger partial charge in [-0.05, 0) is 49.6 Å². The molecule has 2 heterocycles. The number of rotatable bonds is 4. The van der Waals surface area contributed by atoms with Crippen molar-refractivity contribution in [1.29, 1.82) is 0 Å². The van der Waals surface area contributed by atoms with Crippen LogP contribution in [-0.4, -0.2) is 37.8 Å². The molecule has 1 aliphatic carbocycles. The van der Waals surface area contributed by atoms with Gasteiger partial charge in [0.25, 0.3) is 5.91 Å². The van der Waals surface area contributed by atoms with Crippen LogP contribution in [0.15, 0.2) is 53.0 Å². The summed E-state index contributed by atoms with van der Waals surface area (Å²) < 4.78 is 2.86. The first-order chi connectivity index (χ1) is 15.5. The number of carbonyl (C=O) groups excluding carboxylic acids is 2. The first-order valence-electron chi connectivity index (χ1n) is 11.3. The summed E-state index contributed by atoms with van der Waals surface area (Å²) in [5, 5.41) is 3.27. The Balaban J connectivity index is 1.55. The lowest BCUT2D eigenvalue weighted by atomic mass is 9.91. The summed E-state index contributed by atoms with van der Waals surface area (Å²) >= 11 is 3.52. The van der Waals surface area contributed by atoms with Crippen molar-refractivity contribution in [1.82, 2.24) is 19.8 Å². The molecule has 0 bridgehead atoms. The molecule has 1 saturated carbocycles. The molecule has 1 aliphatic heterocycles. The molecule has 7 heteroatoms. The fourth-order valence-corrected chi connectivity index (χ4v) is 5.43. The monoisotopic (exact) mass is 494 g/mol. The topological polar surface area (TPSA) is 67.2 Å². The largest absolute Gasteiger partial charge is 0.351 e. The number of halogens is 1. The summed E-state index contributed by atoms with van der Waals surface area (Å²) in [4.78, 5) is 33.8. The number of amides is 2. The van der Waals surface area contributed by atoms with Gasteiger partial charge >= 0.3 is 0 Å². The van der Waals surface area contributed by atoms with Gasteiger partial charge in [-0.25, -0.2) is 4.98 Å². The maximum absolute atomic E-state index is 13.7. The maximum Gasteiger partial charge on any atom is 0.291 e. The smallest absolute Gasteiger partial charge is 0.291 e. The van der Waals surface area contributed by atoms with Crippen LogP contribution in [0.2, 0.25) is 0 Å². The van der Waals surface area contributed by atoms with Crippen molar-refractivity contribution < 1.29 is 9.59 Å². The highest BCUT2D eigenvalue weighted by atomic mass is 79.9. The highest BCUT2D eigenvalue weighted by molar-refractivity contribution is 9.10. The van der Waals surface area contributed by atoms with Gasteiger partial charge in [0.15, 0.2) is 5.82 Å². The molecule has 3 aromatic rings. The van der Waals surface area contributed by atoms with Crippen molar-refractivity contribution in [2.75, 3.05) is 0 Å². The predicted molar refractivity (Wildman–Crippen MR) is 127 cm³/mol. The van der Waals surface area contributed by atoms with Crippen molar-refractivity contribution in [3.05, 3.63) is 64.4 Å². The molecular weight excluding hydrogens is 468 g/mol. The molecule has 0 radical (unpaired) electrons. The Morgan fingerprint density at radius 1 is 1.16 bits per heavy atom. The summed E-state index contributed by atoms with van der Waals surface area (Å²) in [6.45, 7) is 2.61. The maximum atomic E-state index is 13.7. The minimum Gasteiger partial charge on any atom is -0.351 e. The van der Waals surface area contributed by atoms with E-state index in [-0.39, 0.29) is 17.9 Å². The van der Waals surface area contributed by atoms with E-state index in [1.165, 1.54) is 6.42 Å². The number of nitrogens with one attached hydrogen (secondary N) is 1. The SMILES string of the molecule is C[C@]1(C(=O)NC2CCCCC2)Cn2c(nc3ccccc32)C(=O)N1Cc1cccc(Br)c1. The molecule has 1 N–H and O–H groups in total. The van der Waals surface area contributed by atoms with Gasteiger partial charge in [0, 0.05) is 17.1 Å². The molecule has 0 saturated heterocycles. The van der Waals surface area contributed by atoms with Gasteiger partial charge < -0.3 is 14.8 Å². The van der Waals surface area contributed by atoms with Crippen molar-refractivity contribution in [3.63, 3.8) is 0 Å². The molecule has 2 aliphatic rings. The Morgan fingerprint density at radius 3 is 2.72 bits per heavy atom. The number of hydrogen-bond acceptors (Lipinski definition) is 3. The lowest BCUT2D eigenvalue weighted by molar-refractivity contribution is -0.134. The van der Waals surface area contributed by atoms with Gasteiger partial charge in [0.05, 0.1) is 17.6 Å². The third-order valence-electron chi connectivity index (χ3n) is 6.81. The standard InChI is InChI=1S/C25H27BrN4O2/c1-25(24(32)27-19-10-3-2-4-11-19)16-29-21-13-6-5-12-20(21)28-22(29)23(31)30(25)15-17-8-7-9-18(26)14-17/h5-9,12-14,19H,2-4,10-11,15-16H2,1H3,(H,27,32)/t25-/m1/s1. The molecule has 2 amide bonds. The van der Waals surface area contributed by atoms with Gasteiger partial charge in [0.2, 0.25) is 5.91 Å². The molecule has 1 aromatic heterocycles. The number of aromatic nitrogens is 2. The summed E-state index contributed by atoms with van der Waals surface area (Å²) in [5.41, 5.74) is 1.60. The molecule has 32 heavy (non-hydrogen) atoms. The number of imidazole rings is 1. The minimum atomic E-state index is -1.02. The number of fused-ring (bicyclic) bond motifs is 3. The van der Waals surface area contributed by atoms with E-state index in [1.807, 2.05) is 60.0 Å². The van der Waals surface area contributed by atoms with Crippen LogP contribution in [-0.2, 0) is 17.9 Å². The zero-order valence-corrected chi connectivity index (χ0v) is 19.8.